The van der Waals surface area contributed by atoms with Crippen LogP contribution >= 0.6 is 11.6 Å². The van der Waals surface area contributed by atoms with Crippen LogP contribution < -0.4 is 10.4 Å². The number of nitro groups is 1. The second kappa shape index (κ2) is 6.51. The van der Waals surface area contributed by atoms with Crippen molar-refractivity contribution in [2.75, 3.05) is 0 Å². The van der Waals surface area contributed by atoms with Gasteiger partial charge in [0.1, 0.15) is 16.4 Å². The summed E-state index contributed by atoms with van der Waals surface area (Å²) < 4.78 is 10.6. The standard InChI is InChI=1S/C19H12ClNO6/c20-15-7-4-10(8-16(15)21(24)25)18(22)26-11-5-6-13-12-2-1-3-14(12)19(23)27-17(13)9-11/h4-9H,1-3H2. The van der Waals surface area contributed by atoms with Crippen molar-refractivity contribution in [3.8, 4) is 5.75 Å². The molecule has 2 aromatic carbocycles. The average Bonchev–Trinajstić information content (AvgIpc) is 3.12. The minimum Gasteiger partial charge on any atom is -0.423 e. The number of aryl methyl sites for hydroxylation is 1. The molecule has 4 rings (SSSR count). The topological polar surface area (TPSA) is 99.7 Å². The number of hydrogen-bond donors (Lipinski definition) is 0. The molecule has 7 nitrogen and oxygen atoms in total. The zero-order chi connectivity index (χ0) is 19.1. The molecule has 3 aromatic rings. The molecular formula is C19H12ClNO6. The minimum atomic E-state index is -0.780. The Kier molecular flexibility index (Phi) is 4.16. The van der Waals surface area contributed by atoms with Gasteiger partial charge in [0, 0.05) is 23.1 Å². The molecule has 0 aliphatic heterocycles. The van der Waals surface area contributed by atoms with E-state index < -0.39 is 10.9 Å². The Morgan fingerprint density at radius 1 is 1.15 bits per heavy atom. The zero-order valence-corrected chi connectivity index (χ0v) is 14.6. The third kappa shape index (κ3) is 3.06. The summed E-state index contributed by atoms with van der Waals surface area (Å²) >= 11 is 5.75. The van der Waals surface area contributed by atoms with E-state index in [2.05, 4.69) is 0 Å². The zero-order valence-electron chi connectivity index (χ0n) is 13.9. The quantitative estimate of drug-likeness (QED) is 0.221. The minimum absolute atomic E-state index is 0.0124. The Balaban J connectivity index is 1.67. The molecule has 0 unspecified atom stereocenters. The number of benzene rings is 2. The van der Waals surface area contributed by atoms with Crippen LogP contribution in [0, 0.1) is 10.1 Å². The maximum absolute atomic E-state index is 12.3. The van der Waals surface area contributed by atoms with Crippen molar-refractivity contribution in [2.45, 2.75) is 19.3 Å². The molecular weight excluding hydrogens is 374 g/mol. The molecule has 0 fully saturated rings. The fourth-order valence-corrected chi connectivity index (χ4v) is 3.46. The molecule has 1 aliphatic carbocycles. The molecule has 27 heavy (non-hydrogen) atoms. The third-order valence-electron chi connectivity index (χ3n) is 4.53. The van der Waals surface area contributed by atoms with Crippen LogP contribution in [0.4, 0.5) is 5.69 Å². The smallest absolute Gasteiger partial charge is 0.343 e. The molecule has 0 bridgehead atoms. The first-order valence-corrected chi connectivity index (χ1v) is 8.56. The second-order valence-electron chi connectivity index (χ2n) is 6.17. The van der Waals surface area contributed by atoms with E-state index in [4.69, 9.17) is 20.8 Å². The highest BCUT2D eigenvalue weighted by Gasteiger charge is 2.21. The molecule has 136 valence electrons. The summed E-state index contributed by atoms with van der Waals surface area (Å²) in [4.78, 5) is 34.6. The molecule has 0 N–H and O–H groups in total. The van der Waals surface area contributed by atoms with Crippen molar-refractivity contribution in [3.63, 3.8) is 0 Å². The molecule has 1 aliphatic rings. The van der Waals surface area contributed by atoms with E-state index in [0.29, 0.717) is 17.6 Å². The predicted octanol–water partition coefficient (Wildman–Crippen LogP) is 4.06. The summed E-state index contributed by atoms with van der Waals surface area (Å²) in [6.45, 7) is 0. The van der Waals surface area contributed by atoms with Gasteiger partial charge in [0.2, 0.25) is 0 Å². The maximum Gasteiger partial charge on any atom is 0.343 e. The number of nitro benzene ring substituents is 1. The molecule has 0 amide bonds. The lowest BCUT2D eigenvalue weighted by Gasteiger charge is -2.07. The summed E-state index contributed by atoms with van der Waals surface area (Å²) in [5.41, 5.74) is 1.26. The van der Waals surface area contributed by atoms with Gasteiger partial charge in [-0.3, -0.25) is 10.1 Å². The number of halogens is 1. The lowest BCUT2D eigenvalue weighted by atomic mass is 10.1. The van der Waals surface area contributed by atoms with Gasteiger partial charge in [0.25, 0.3) is 5.69 Å². The first kappa shape index (κ1) is 17.2. The van der Waals surface area contributed by atoms with E-state index in [1.165, 1.54) is 18.2 Å². The van der Waals surface area contributed by atoms with Crippen LogP contribution in [-0.2, 0) is 12.8 Å². The fraction of sp³-hybridized carbons (Fsp3) is 0.158. The molecule has 1 heterocycles. The van der Waals surface area contributed by atoms with E-state index in [1.807, 2.05) is 0 Å². The van der Waals surface area contributed by atoms with Crippen LogP contribution in [-0.4, -0.2) is 10.9 Å². The Bertz CT molecular complexity index is 1170. The van der Waals surface area contributed by atoms with Gasteiger partial charge in [-0.2, -0.15) is 0 Å². The lowest BCUT2D eigenvalue weighted by Crippen LogP contribution is -2.10. The van der Waals surface area contributed by atoms with Gasteiger partial charge in [-0.05, 0) is 49.1 Å². The Morgan fingerprint density at radius 3 is 2.70 bits per heavy atom. The van der Waals surface area contributed by atoms with E-state index in [-0.39, 0.29) is 27.6 Å². The molecule has 0 saturated carbocycles. The lowest BCUT2D eigenvalue weighted by molar-refractivity contribution is -0.384. The second-order valence-corrected chi connectivity index (χ2v) is 6.58. The summed E-state index contributed by atoms with van der Waals surface area (Å²) in [7, 11) is 0. The first-order valence-electron chi connectivity index (χ1n) is 8.19. The summed E-state index contributed by atoms with van der Waals surface area (Å²) in [6.07, 6.45) is 2.43. The van der Waals surface area contributed by atoms with Gasteiger partial charge in [-0.15, -0.1) is 0 Å². The molecule has 0 radical (unpaired) electrons. The van der Waals surface area contributed by atoms with Gasteiger partial charge < -0.3 is 9.15 Å². The van der Waals surface area contributed by atoms with Crippen LogP contribution in [0.3, 0.4) is 0 Å². The first-order chi connectivity index (χ1) is 12.9. The SMILES string of the molecule is O=C(Oc1ccc2c3c(c(=O)oc2c1)CCC3)c1ccc(Cl)c([N+](=O)[O-])c1. The normalized spacial score (nSPS) is 12.8. The molecule has 0 spiro atoms. The third-order valence-corrected chi connectivity index (χ3v) is 4.85. The van der Waals surface area contributed by atoms with Crippen molar-refractivity contribution in [1.29, 1.82) is 0 Å². The summed E-state index contributed by atoms with van der Waals surface area (Å²) in [6, 6.07) is 8.47. The number of hydrogen-bond acceptors (Lipinski definition) is 6. The largest absolute Gasteiger partial charge is 0.423 e. The van der Waals surface area contributed by atoms with Crippen molar-refractivity contribution < 1.29 is 18.9 Å². The van der Waals surface area contributed by atoms with Crippen LogP contribution in [0.5, 0.6) is 5.75 Å². The molecule has 1 aromatic heterocycles. The number of carbonyl (C=O) groups is 1. The molecule has 8 heteroatoms. The van der Waals surface area contributed by atoms with Gasteiger partial charge in [-0.1, -0.05) is 11.6 Å². The number of rotatable bonds is 3. The van der Waals surface area contributed by atoms with E-state index in [1.54, 1.807) is 12.1 Å². The van der Waals surface area contributed by atoms with Gasteiger partial charge in [0.15, 0.2) is 0 Å². The number of carbonyl (C=O) groups excluding carboxylic acids is 1. The van der Waals surface area contributed by atoms with Crippen LogP contribution in [0.1, 0.15) is 27.9 Å². The molecule has 0 saturated heterocycles. The molecule has 0 atom stereocenters. The van der Waals surface area contributed by atoms with Gasteiger partial charge in [0.05, 0.1) is 10.5 Å². The number of nitrogens with zero attached hydrogens (tertiary/aromatic N) is 1. The number of ether oxygens (including phenoxy) is 1. The van der Waals surface area contributed by atoms with E-state index >= 15 is 0 Å². The fourth-order valence-electron chi connectivity index (χ4n) is 3.27. The van der Waals surface area contributed by atoms with Gasteiger partial charge >= 0.3 is 11.6 Å². The highest BCUT2D eigenvalue weighted by atomic mass is 35.5. The van der Waals surface area contributed by atoms with E-state index in [9.17, 15) is 19.7 Å². The predicted molar refractivity (Wildman–Crippen MR) is 97.6 cm³/mol. The van der Waals surface area contributed by atoms with Crippen molar-refractivity contribution in [3.05, 3.63) is 78.6 Å². The van der Waals surface area contributed by atoms with E-state index in [0.717, 1.165) is 29.9 Å². The highest BCUT2D eigenvalue weighted by Crippen LogP contribution is 2.30. The Labute approximate surface area is 157 Å². The monoisotopic (exact) mass is 385 g/mol. The average molecular weight is 386 g/mol. The van der Waals surface area contributed by atoms with Gasteiger partial charge in [-0.25, -0.2) is 9.59 Å². The highest BCUT2D eigenvalue weighted by molar-refractivity contribution is 6.32. The summed E-state index contributed by atoms with van der Waals surface area (Å²) in [5.74, 6) is -0.608. The van der Waals surface area contributed by atoms with Crippen molar-refractivity contribution in [2.24, 2.45) is 0 Å². The Hall–Kier alpha value is -3.19. The number of esters is 1. The Morgan fingerprint density at radius 2 is 1.93 bits per heavy atom. The maximum atomic E-state index is 12.3. The van der Waals surface area contributed by atoms with Crippen LogP contribution in [0.25, 0.3) is 11.0 Å². The van der Waals surface area contributed by atoms with Crippen LogP contribution in [0.15, 0.2) is 45.6 Å². The van der Waals surface area contributed by atoms with Crippen molar-refractivity contribution >= 4 is 34.2 Å². The van der Waals surface area contributed by atoms with Crippen LogP contribution in [0.2, 0.25) is 5.02 Å². The van der Waals surface area contributed by atoms with Crippen molar-refractivity contribution in [1.82, 2.24) is 0 Å². The summed E-state index contributed by atoms with van der Waals surface area (Å²) in [5, 5.41) is 11.7. The number of fused-ring (bicyclic) bond motifs is 3.